The van der Waals surface area contributed by atoms with Gasteiger partial charge in [-0.15, -0.1) is 12.4 Å². The Morgan fingerprint density at radius 3 is 2.33 bits per heavy atom. The van der Waals surface area contributed by atoms with E-state index in [2.05, 4.69) is 5.32 Å². The lowest BCUT2D eigenvalue weighted by Crippen LogP contribution is -2.55. The highest BCUT2D eigenvalue weighted by molar-refractivity contribution is 5.97. The third kappa shape index (κ3) is 3.99. The van der Waals surface area contributed by atoms with Gasteiger partial charge in [0.2, 0.25) is 5.91 Å². The van der Waals surface area contributed by atoms with Crippen LogP contribution < -0.4 is 5.32 Å². The van der Waals surface area contributed by atoms with Crippen LogP contribution in [-0.4, -0.2) is 65.5 Å². The SMILES string of the molecule is Cl.O=C(c1ccccc1O)N1CCN(C(=O)C2CCCCN2)CC1. The predicted molar refractivity (Wildman–Crippen MR) is 93.5 cm³/mol. The van der Waals surface area contributed by atoms with Crippen LogP contribution in [0.3, 0.4) is 0 Å². The van der Waals surface area contributed by atoms with Crippen molar-refractivity contribution in [2.45, 2.75) is 25.3 Å². The number of nitrogens with zero attached hydrogens (tertiary/aromatic N) is 2. The summed E-state index contributed by atoms with van der Waals surface area (Å²) >= 11 is 0. The van der Waals surface area contributed by atoms with Gasteiger partial charge in [-0.2, -0.15) is 0 Å². The number of piperazine rings is 1. The van der Waals surface area contributed by atoms with E-state index in [0.717, 1.165) is 25.8 Å². The van der Waals surface area contributed by atoms with Crippen molar-refractivity contribution in [2.24, 2.45) is 0 Å². The van der Waals surface area contributed by atoms with Crippen molar-refractivity contribution < 1.29 is 14.7 Å². The van der Waals surface area contributed by atoms with Gasteiger partial charge < -0.3 is 20.2 Å². The molecule has 1 aromatic rings. The van der Waals surface area contributed by atoms with Crippen LogP contribution >= 0.6 is 12.4 Å². The van der Waals surface area contributed by atoms with Gasteiger partial charge in [-0.05, 0) is 31.5 Å². The van der Waals surface area contributed by atoms with E-state index in [4.69, 9.17) is 0 Å². The molecule has 3 rings (SSSR count). The number of rotatable bonds is 2. The van der Waals surface area contributed by atoms with E-state index in [9.17, 15) is 14.7 Å². The average Bonchev–Trinajstić information content (AvgIpc) is 2.62. The average molecular weight is 354 g/mol. The lowest BCUT2D eigenvalue weighted by atomic mass is 10.0. The molecule has 2 saturated heterocycles. The van der Waals surface area contributed by atoms with Crippen LogP contribution in [0, 0.1) is 0 Å². The lowest BCUT2D eigenvalue weighted by molar-refractivity contribution is -0.135. The minimum atomic E-state index is -0.175. The second-order valence-electron chi connectivity index (χ2n) is 6.14. The fourth-order valence-electron chi connectivity index (χ4n) is 3.24. The first-order valence-corrected chi connectivity index (χ1v) is 8.26. The Labute approximate surface area is 148 Å². The number of hydrogen-bond acceptors (Lipinski definition) is 4. The van der Waals surface area contributed by atoms with Gasteiger partial charge in [-0.25, -0.2) is 0 Å². The van der Waals surface area contributed by atoms with Crippen molar-refractivity contribution in [3.05, 3.63) is 29.8 Å². The molecule has 2 heterocycles. The Hall–Kier alpha value is -1.79. The van der Waals surface area contributed by atoms with Crippen LogP contribution in [0.4, 0.5) is 0 Å². The molecule has 2 amide bonds. The minimum Gasteiger partial charge on any atom is -0.507 e. The Morgan fingerprint density at radius 1 is 1.04 bits per heavy atom. The molecule has 2 aliphatic heterocycles. The number of para-hydroxylation sites is 1. The number of carbonyl (C=O) groups excluding carboxylic acids is 2. The molecular formula is C17H24ClN3O3. The normalized spacial score (nSPS) is 21.1. The molecule has 2 N–H and O–H groups in total. The first-order valence-electron chi connectivity index (χ1n) is 8.26. The van der Waals surface area contributed by atoms with Crippen molar-refractivity contribution in [3.63, 3.8) is 0 Å². The van der Waals surface area contributed by atoms with Gasteiger partial charge in [0.25, 0.3) is 5.91 Å². The number of aromatic hydroxyl groups is 1. The monoisotopic (exact) mass is 353 g/mol. The zero-order chi connectivity index (χ0) is 16.2. The Bertz CT molecular complexity index is 582. The molecule has 6 nitrogen and oxygen atoms in total. The van der Waals surface area contributed by atoms with Gasteiger partial charge in [0.1, 0.15) is 5.75 Å². The van der Waals surface area contributed by atoms with Crippen LogP contribution in [0.1, 0.15) is 29.6 Å². The number of phenols is 1. The highest BCUT2D eigenvalue weighted by Gasteiger charge is 2.30. The standard InChI is InChI=1S/C17H23N3O3.ClH/c21-15-7-2-1-5-13(15)16(22)19-9-11-20(12-10-19)17(23)14-6-3-4-8-18-14;/h1-2,5,7,14,18,21H,3-4,6,8-12H2;1H. The van der Waals surface area contributed by atoms with E-state index in [0.29, 0.717) is 31.7 Å². The van der Waals surface area contributed by atoms with Crippen molar-refractivity contribution in [3.8, 4) is 5.75 Å². The number of nitrogens with one attached hydrogen (secondary N) is 1. The first kappa shape index (κ1) is 18.5. The Balaban J connectivity index is 0.00000208. The molecule has 0 aliphatic carbocycles. The highest BCUT2D eigenvalue weighted by atomic mass is 35.5. The smallest absolute Gasteiger partial charge is 0.257 e. The summed E-state index contributed by atoms with van der Waals surface area (Å²) in [5.41, 5.74) is 0.321. The van der Waals surface area contributed by atoms with Crippen molar-refractivity contribution in [1.82, 2.24) is 15.1 Å². The molecule has 132 valence electrons. The molecule has 0 bridgehead atoms. The summed E-state index contributed by atoms with van der Waals surface area (Å²) in [6, 6.07) is 6.51. The lowest BCUT2D eigenvalue weighted by Gasteiger charge is -2.37. The van der Waals surface area contributed by atoms with E-state index in [1.165, 1.54) is 6.07 Å². The zero-order valence-electron chi connectivity index (χ0n) is 13.6. The summed E-state index contributed by atoms with van der Waals surface area (Å²) in [7, 11) is 0. The summed E-state index contributed by atoms with van der Waals surface area (Å²) in [5.74, 6) is -0.0206. The Kier molecular flexibility index (Phi) is 6.45. The molecule has 0 saturated carbocycles. The maximum absolute atomic E-state index is 12.5. The van der Waals surface area contributed by atoms with Gasteiger partial charge in [0.15, 0.2) is 0 Å². The molecular weight excluding hydrogens is 330 g/mol. The van der Waals surface area contributed by atoms with Crippen LogP contribution in [0.2, 0.25) is 0 Å². The first-order chi connectivity index (χ1) is 11.2. The minimum absolute atomic E-state index is 0. The van der Waals surface area contributed by atoms with Crippen LogP contribution in [0.15, 0.2) is 24.3 Å². The largest absolute Gasteiger partial charge is 0.507 e. The predicted octanol–water partition coefficient (Wildman–Crippen LogP) is 1.24. The summed E-state index contributed by atoms with van der Waals surface area (Å²) < 4.78 is 0. The van der Waals surface area contributed by atoms with Crippen molar-refractivity contribution in [2.75, 3.05) is 32.7 Å². The van der Waals surface area contributed by atoms with Crippen molar-refractivity contribution >= 4 is 24.2 Å². The van der Waals surface area contributed by atoms with E-state index in [1.807, 2.05) is 4.90 Å². The summed E-state index contributed by atoms with van der Waals surface area (Å²) in [6.07, 6.45) is 3.12. The number of hydrogen-bond donors (Lipinski definition) is 2. The van der Waals surface area contributed by atoms with E-state index < -0.39 is 0 Å². The zero-order valence-corrected chi connectivity index (χ0v) is 14.4. The molecule has 0 radical (unpaired) electrons. The van der Waals surface area contributed by atoms with Crippen LogP contribution in [-0.2, 0) is 4.79 Å². The quantitative estimate of drug-likeness (QED) is 0.839. The van der Waals surface area contributed by atoms with Crippen LogP contribution in [0.5, 0.6) is 5.75 Å². The number of carbonyl (C=O) groups is 2. The van der Waals surface area contributed by atoms with Crippen molar-refractivity contribution in [1.29, 1.82) is 0 Å². The van der Waals surface area contributed by atoms with E-state index in [-0.39, 0.29) is 36.0 Å². The van der Waals surface area contributed by atoms with Gasteiger partial charge >= 0.3 is 0 Å². The Morgan fingerprint density at radius 2 is 1.71 bits per heavy atom. The molecule has 1 atom stereocenters. The third-order valence-corrected chi connectivity index (χ3v) is 4.62. The number of halogens is 1. The molecule has 1 unspecified atom stereocenters. The maximum Gasteiger partial charge on any atom is 0.257 e. The molecule has 1 aromatic carbocycles. The fourth-order valence-corrected chi connectivity index (χ4v) is 3.24. The molecule has 2 fully saturated rings. The molecule has 2 aliphatic rings. The highest BCUT2D eigenvalue weighted by Crippen LogP contribution is 2.19. The summed E-state index contributed by atoms with van der Waals surface area (Å²) in [6.45, 7) is 3.02. The molecule has 0 spiro atoms. The maximum atomic E-state index is 12.5. The number of amides is 2. The number of benzene rings is 1. The van der Waals surface area contributed by atoms with E-state index in [1.54, 1.807) is 23.1 Å². The van der Waals surface area contributed by atoms with Gasteiger partial charge in [0.05, 0.1) is 11.6 Å². The molecule has 7 heteroatoms. The molecule has 0 aromatic heterocycles. The second-order valence-corrected chi connectivity index (χ2v) is 6.14. The second kappa shape index (κ2) is 8.35. The van der Waals surface area contributed by atoms with Gasteiger partial charge in [0, 0.05) is 26.2 Å². The molecule has 24 heavy (non-hydrogen) atoms. The van der Waals surface area contributed by atoms with Crippen LogP contribution in [0.25, 0.3) is 0 Å². The number of phenolic OH excluding ortho intramolecular Hbond substituents is 1. The van der Waals surface area contributed by atoms with Gasteiger partial charge in [-0.1, -0.05) is 18.6 Å². The topological polar surface area (TPSA) is 72.9 Å². The summed E-state index contributed by atoms with van der Waals surface area (Å²) in [4.78, 5) is 28.5. The van der Waals surface area contributed by atoms with Gasteiger partial charge in [-0.3, -0.25) is 9.59 Å². The van der Waals surface area contributed by atoms with E-state index >= 15 is 0 Å². The fraction of sp³-hybridized carbons (Fsp3) is 0.529. The summed E-state index contributed by atoms with van der Waals surface area (Å²) in [5, 5.41) is 13.1. The number of piperidine rings is 1. The third-order valence-electron chi connectivity index (χ3n) is 4.62.